The lowest BCUT2D eigenvalue weighted by Crippen LogP contribution is -2.49. The van der Waals surface area contributed by atoms with Crippen LogP contribution in [0.3, 0.4) is 0 Å². The van der Waals surface area contributed by atoms with E-state index in [9.17, 15) is 18.9 Å². The summed E-state index contributed by atoms with van der Waals surface area (Å²) in [4.78, 5) is 9.19. The number of hydrogen-bond acceptors (Lipinski definition) is 3. The summed E-state index contributed by atoms with van der Waals surface area (Å²) in [6.45, 7) is 0. The van der Waals surface area contributed by atoms with Crippen molar-refractivity contribution in [1.29, 1.82) is 0 Å². The molecule has 6 heteroatoms. The maximum absolute atomic E-state index is 13.0. The minimum atomic E-state index is -2.60. The van der Waals surface area contributed by atoms with Crippen molar-refractivity contribution < 1.29 is 13.7 Å². The van der Waals surface area contributed by atoms with Crippen molar-refractivity contribution in [3.63, 3.8) is 0 Å². The number of hydrogen-bond donors (Lipinski definition) is 1. The molecule has 2 atom stereocenters. The van der Waals surface area contributed by atoms with E-state index in [0.29, 0.717) is 12.2 Å². The first-order valence-corrected chi connectivity index (χ1v) is 3.11. The fraction of sp³-hybridized carbons (Fsp3) is 0.333. The number of rotatable bonds is 1. The molecule has 0 aromatic carbocycles. The Kier molecular flexibility index (Phi) is 1.93. The van der Waals surface area contributed by atoms with Crippen LogP contribution in [-0.2, 0) is 0 Å². The minimum absolute atomic E-state index is 0.542. The molecular formula is C6H6F2N2O2. The molecule has 1 aliphatic rings. The zero-order valence-electron chi connectivity index (χ0n) is 5.91. The molecule has 0 bridgehead atoms. The van der Waals surface area contributed by atoms with Crippen molar-refractivity contribution in [3.05, 3.63) is 34.2 Å². The summed E-state index contributed by atoms with van der Waals surface area (Å²) in [7, 11) is 0. The van der Waals surface area contributed by atoms with Gasteiger partial charge in [-0.15, -0.1) is 0 Å². The lowest BCUT2D eigenvalue weighted by atomic mass is 10.0. The number of nitro groups is 1. The summed E-state index contributed by atoms with van der Waals surface area (Å²) >= 11 is 0. The molecule has 1 aliphatic carbocycles. The van der Waals surface area contributed by atoms with Gasteiger partial charge < -0.3 is 0 Å². The summed E-state index contributed by atoms with van der Waals surface area (Å²) in [6.07, 6.45) is 1.94. The van der Waals surface area contributed by atoms with Crippen molar-refractivity contribution in [3.8, 4) is 0 Å². The predicted octanol–water partition coefficient (Wildman–Crippen LogP) is 0.679. The van der Waals surface area contributed by atoms with E-state index in [-0.39, 0.29) is 0 Å². The van der Waals surface area contributed by atoms with Gasteiger partial charge in [0.2, 0.25) is 5.79 Å². The van der Waals surface area contributed by atoms with E-state index in [2.05, 4.69) is 0 Å². The molecule has 0 aliphatic heterocycles. The van der Waals surface area contributed by atoms with Crippen LogP contribution in [0.2, 0.25) is 0 Å². The highest BCUT2D eigenvalue weighted by atomic mass is 19.1. The summed E-state index contributed by atoms with van der Waals surface area (Å²) in [5.74, 6) is -3.45. The zero-order valence-corrected chi connectivity index (χ0v) is 5.91. The van der Waals surface area contributed by atoms with E-state index in [4.69, 9.17) is 5.73 Å². The maximum atomic E-state index is 13.0. The topological polar surface area (TPSA) is 69.2 Å². The largest absolute Gasteiger partial charge is 0.290 e. The van der Waals surface area contributed by atoms with Crippen LogP contribution in [0.15, 0.2) is 24.1 Å². The molecule has 2 N–H and O–H groups in total. The standard InChI is InChI=1S/C6H6F2N2O2/c7-4-1-2-6(8,9)5(3-4)10(11)12/h1-3,5H,9H2. The van der Waals surface area contributed by atoms with E-state index >= 15 is 0 Å². The Balaban J connectivity index is 2.98. The van der Waals surface area contributed by atoms with Crippen molar-refractivity contribution in [2.75, 3.05) is 0 Å². The Morgan fingerprint density at radius 1 is 1.75 bits per heavy atom. The quantitative estimate of drug-likeness (QED) is 0.363. The molecule has 0 saturated heterocycles. The van der Waals surface area contributed by atoms with Crippen molar-refractivity contribution in [2.45, 2.75) is 11.8 Å². The second-order valence-electron chi connectivity index (χ2n) is 2.44. The average Bonchev–Trinajstić information content (AvgIpc) is 1.94. The monoisotopic (exact) mass is 176 g/mol. The van der Waals surface area contributed by atoms with Crippen molar-refractivity contribution >= 4 is 0 Å². The van der Waals surface area contributed by atoms with Crippen molar-refractivity contribution in [2.24, 2.45) is 5.73 Å². The number of nitrogens with two attached hydrogens (primary N) is 1. The molecule has 2 unspecified atom stereocenters. The van der Waals surface area contributed by atoms with E-state index in [1.165, 1.54) is 0 Å². The number of allylic oxidation sites excluding steroid dienone is 2. The van der Waals surface area contributed by atoms with Crippen LogP contribution >= 0.6 is 0 Å². The predicted molar refractivity (Wildman–Crippen MR) is 37.1 cm³/mol. The summed E-state index contributed by atoms with van der Waals surface area (Å²) < 4.78 is 25.4. The van der Waals surface area contributed by atoms with Gasteiger partial charge in [-0.05, 0) is 12.2 Å². The molecule has 0 radical (unpaired) electrons. The lowest BCUT2D eigenvalue weighted by molar-refractivity contribution is -0.524. The van der Waals surface area contributed by atoms with Gasteiger partial charge >= 0.3 is 0 Å². The van der Waals surface area contributed by atoms with Gasteiger partial charge in [-0.25, -0.2) is 8.78 Å². The van der Waals surface area contributed by atoms with Crippen LogP contribution in [0.1, 0.15) is 0 Å². The minimum Gasteiger partial charge on any atom is -0.290 e. The average molecular weight is 176 g/mol. The fourth-order valence-electron chi connectivity index (χ4n) is 0.862. The summed E-state index contributed by atoms with van der Waals surface area (Å²) in [5.41, 5.74) is 4.88. The first-order valence-electron chi connectivity index (χ1n) is 3.11. The Morgan fingerprint density at radius 2 is 2.33 bits per heavy atom. The van der Waals surface area contributed by atoms with Gasteiger partial charge in [-0.2, -0.15) is 0 Å². The molecule has 0 aromatic heterocycles. The van der Waals surface area contributed by atoms with Gasteiger partial charge in [0.1, 0.15) is 5.83 Å². The van der Waals surface area contributed by atoms with Gasteiger partial charge in [-0.1, -0.05) is 0 Å². The van der Waals surface area contributed by atoms with E-state index in [1.54, 1.807) is 0 Å². The third kappa shape index (κ3) is 1.48. The molecule has 0 fully saturated rings. The Labute approximate surface area is 66.5 Å². The number of alkyl halides is 1. The van der Waals surface area contributed by atoms with Crippen LogP contribution in [0.5, 0.6) is 0 Å². The third-order valence-corrected chi connectivity index (χ3v) is 1.50. The highest BCUT2D eigenvalue weighted by Gasteiger charge is 2.43. The molecule has 12 heavy (non-hydrogen) atoms. The van der Waals surface area contributed by atoms with Gasteiger partial charge in [-0.3, -0.25) is 15.8 Å². The highest BCUT2D eigenvalue weighted by Crippen LogP contribution is 2.22. The smallest absolute Gasteiger partial charge is 0.284 e. The van der Waals surface area contributed by atoms with Gasteiger partial charge in [0.05, 0.1) is 0 Å². The molecule has 4 nitrogen and oxygen atoms in total. The zero-order chi connectivity index (χ0) is 9.35. The van der Waals surface area contributed by atoms with Gasteiger partial charge in [0.15, 0.2) is 0 Å². The first-order chi connectivity index (χ1) is 5.43. The SMILES string of the molecule is NC1(F)C=CC(F)=CC1[N+](=O)[O-]. The van der Waals surface area contributed by atoms with Gasteiger partial charge in [0.25, 0.3) is 6.04 Å². The van der Waals surface area contributed by atoms with E-state index in [0.717, 1.165) is 6.08 Å². The molecular weight excluding hydrogens is 170 g/mol. The highest BCUT2D eigenvalue weighted by molar-refractivity contribution is 5.25. The van der Waals surface area contributed by atoms with Gasteiger partial charge in [0, 0.05) is 11.0 Å². The number of halogens is 2. The van der Waals surface area contributed by atoms with Crippen molar-refractivity contribution in [1.82, 2.24) is 0 Å². The van der Waals surface area contributed by atoms with Crippen LogP contribution in [0.25, 0.3) is 0 Å². The lowest BCUT2D eigenvalue weighted by Gasteiger charge is -2.20. The Morgan fingerprint density at radius 3 is 2.75 bits per heavy atom. The summed E-state index contributed by atoms with van der Waals surface area (Å²) in [5, 5.41) is 10.2. The first kappa shape index (κ1) is 8.79. The molecule has 0 aromatic rings. The number of nitrogens with zero attached hydrogens (tertiary/aromatic N) is 1. The second-order valence-corrected chi connectivity index (χ2v) is 2.44. The van der Waals surface area contributed by atoms with Crippen LogP contribution in [0.4, 0.5) is 8.78 Å². The molecule has 66 valence electrons. The molecule has 0 heterocycles. The third-order valence-electron chi connectivity index (χ3n) is 1.50. The Bertz CT molecular complexity index is 273. The maximum Gasteiger partial charge on any atom is 0.284 e. The molecule has 0 spiro atoms. The van der Waals surface area contributed by atoms with E-state index < -0.39 is 22.6 Å². The molecule has 1 rings (SSSR count). The van der Waals surface area contributed by atoms with Crippen LogP contribution in [-0.4, -0.2) is 16.8 Å². The fourth-order valence-corrected chi connectivity index (χ4v) is 0.862. The van der Waals surface area contributed by atoms with Crippen LogP contribution < -0.4 is 5.73 Å². The Hall–Kier alpha value is -1.30. The van der Waals surface area contributed by atoms with Crippen LogP contribution in [0, 0.1) is 10.1 Å². The molecule has 0 amide bonds. The second kappa shape index (κ2) is 2.63. The molecule has 0 saturated carbocycles. The normalized spacial score (nSPS) is 34.6. The summed E-state index contributed by atoms with van der Waals surface area (Å²) in [6, 6.07) is -1.84. The van der Waals surface area contributed by atoms with E-state index in [1.807, 2.05) is 0 Å².